The van der Waals surface area contributed by atoms with Crippen molar-refractivity contribution >= 4 is 40.6 Å². The molecule has 4 aromatic heterocycles. The third-order valence-electron chi connectivity index (χ3n) is 10.1. The summed E-state index contributed by atoms with van der Waals surface area (Å²) in [5, 5.41) is 12.3. The van der Waals surface area contributed by atoms with Crippen molar-refractivity contribution in [3.05, 3.63) is 79.0 Å². The molecule has 16 nitrogen and oxygen atoms in total. The number of esters is 3. The summed E-state index contributed by atoms with van der Waals surface area (Å²) in [7, 11) is 3.27. The van der Waals surface area contributed by atoms with Crippen LogP contribution in [0.2, 0.25) is 0 Å². The van der Waals surface area contributed by atoms with Gasteiger partial charge in [-0.05, 0) is 87.1 Å². The third-order valence-corrected chi connectivity index (χ3v) is 12.6. The fraction of sp³-hybridized carbons (Fsp3) is 0.386. The topological polar surface area (TPSA) is 188 Å². The molecular formula is C44H50N6O10S2. The Morgan fingerprint density at radius 1 is 0.613 bits per heavy atom. The van der Waals surface area contributed by atoms with Crippen LogP contribution >= 0.6 is 22.7 Å². The van der Waals surface area contributed by atoms with Gasteiger partial charge in [0.15, 0.2) is 0 Å². The van der Waals surface area contributed by atoms with Gasteiger partial charge >= 0.3 is 17.9 Å². The number of carbonyl (C=O) groups is 3. The number of rotatable bonds is 9. The van der Waals surface area contributed by atoms with Gasteiger partial charge in [-0.1, -0.05) is 13.8 Å². The van der Waals surface area contributed by atoms with E-state index in [1.165, 1.54) is 20.8 Å². The van der Waals surface area contributed by atoms with Gasteiger partial charge in [0.1, 0.15) is 32.6 Å². The summed E-state index contributed by atoms with van der Waals surface area (Å²) in [5.41, 5.74) is 3.56. The van der Waals surface area contributed by atoms with Gasteiger partial charge in [0.2, 0.25) is 11.8 Å². The monoisotopic (exact) mass is 886 g/mol. The molecule has 62 heavy (non-hydrogen) atoms. The number of ether oxygens (including phenoxy) is 4. The van der Waals surface area contributed by atoms with Crippen molar-refractivity contribution < 1.29 is 38.4 Å². The molecule has 18 heteroatoms. The first-order valence-corrected chi connectivity index (χ1v) is 22.0. The fourth-order valence-electron chi connectivity index (χ4n) is 7.23. The Hall–Kier alpha value is -6.27. The Morgan fingerprint density at radius 3 is 1.40 bits per heavy atom. The van der Waals surface area contributed by atoms with Crippen molar-refractivity contribution in [1.82, 2.24) is 28.7 Å². The summed E-state index contributed by atoms with van der Waals surface area (Å²) < 4.78 is 26.7. The summed E-state index contributed by atoms with van der Waals surface area (Å²) in [6.45, 7) is 10.4. The number of aromatic nitrogens is 6. The molecular weight excluding hydrogens is 837 g/mol. The Morgan fingerprint density at radius 2 is 1.02 bits per heavy atom. The van der Waals surface area contributed by atoms with Gasteiger partial charge < -0.3 is 24.1 Å². The zero-order valence-electron chi connectivity index (χ0n) is 35.8. The predicted octanol–water partition coefficient (Wildman–Crippen LogP) is 7.34. The lowest BCUT2D eigenvalue weighted by Crippen LogP contribution is -2.27. The molecule has 8 rings (SSSR count). The second-order valence-electron chi connectivity index (χ2n) is 14.3. The minimum Gasteiger partial charge on any atom is -0.497 e. The van der Waals surface area contributed by atoms with Crippen LogP contribution in [0.3, 0.4) is 0 Å². The van der Waals surface area contributed by atoms with Crippen molar-refractivity contribution in [2.45, 2.75) is 99.3 Å². The highest BCUT2D eigenvalue weighted by Crippen LogP contribution is 2.39. The molecule has 0 fully saturated rings. The number of fused-ring (bicyclic) bond motifs is 2. The van der Waals surface area contributed by atoms with Crippen LogP contribution in [0.15, 0.2) is 58.1 Å². The molecule has 0 aliphatic carbocycles. The van der Waals surface area contributed by atoms with Gasteiger partial charge in [-0.3, -0.25) is 33.3 Å². The van der Waals surface area contributed by atoms with E-state index < -0.39 is 17.9 Å². The normalized spacial score (nSPS) is 12.8. The molecule has 2 aliphatic rings. The van der Waals surface area contributed by atoms with Crippen LogP contribution in [0, 0.1) is 0 Å². The Kier molecular flexibility index (Phi) is 14.7. The van der Waals surface area contributed by atoms with E-state index in [9.17, 15) is 29.1 Å². The van der Waals surface area contributed by atoms with Crippen molar-refractivity contribution in [2.75, 3.05) is 14.2 Å². The number of aryl methyl sites for hydroxylation is 2. The summed E-state index contributed by atoms with van der Waals surface area (Å²) in [4.78, 5) is 69.0. The quantitative estimate of drug-likeness (QED) is 0.113. The molecule has 0 bridgehead atoms. The van der Waals surface area contributed by atoms with Crippen molar-refractivity contribution in [1.29, 1.82) is 0 Å². The van der Waals surface area contributed by atoms with E-state index in [2.05, 4.69) is 4.74 Å². The molecule has 2 aromatic carbocycles. The fourth-order valence-corrected chi connectivity index (χ4v) is 9.25. The van der Waals surface area contributed by atoms with Gasteiger partial charge in [0, 0.05) is 67.8 Å². The molecule has 6 heterocycles. The zero-order chi connectivity index (χ0) is 44.7. The van der Waals surface area contributed by atoms with Crippen LogP contribution in [-0.4, -0.2) is 65.9 Å². The summed E-state index contributed by atoms with van der Waals surface area (Å²) in [6.07, 6.45) is 5.28. The smallest absolute Gasteiger partial charge is 0.310 e. The van der Waals surface area contributed by atoms with Gasteiger partial charge in [-0.2, -0.15) is 0 Å². The minimum atomic E-state index is -0.562. The summed E-state index contributed by atoms with van der Waals surface area (Å²) in [6, 6.07) is 15.4. The largest absolute Gasteiger partial charge is 0.497 e. The average Bonchev–Trinajstić information content (AvgIpc) is 4.02. The molecule has 1 N–H and O–H groups in total. The van der Waals surface area contributed by atoms with Gasteiger partial charge in [0.25, 0.3) is 11.1 Å². The maximum atomic E-state index is 13.2. The Labute approximate surface area is 365 Å². The number of carbonyl (C=O) groups excluding carboxylic acids is 3. The van der Waals surface area contributed by atoms with Crippen LogP contribution in [-0.2, 0) is 58.1 Å². The maximum absolute atomic E-state index is 13.2. The molecule has 0 saturated carbocycles. The van der Waals surface area contributed by atoms with E-state index in [1.807, 2.05) is 62.4 Å². The molecule has 0 saturated heterocycles. The summed E-state index contributed by atoms with van der Waals surface area (Å²) in [5.74, 6) is 0.342. The number of hydrogen-bond acceptors (Lipinski definition) is 14. The Bertz CT molecular complexity index is 2670. The highest BCUT2D eigenvalue weighted by Gasteiger charge is 2.30. The lowest BCUT2D eigenvalue weighted by atomic mass is 10.2. The van der Waals surface area contributed by atoms with Crippen LogP contribution in [0.5, 0.6) is 23.3 Å². The van der Waals surface area contributed by atoms with E-state index in [4.69, 9.17) is 24.2 Å². The molecule has 2 aliphatic heterocycles. The van der Waals surface area contributed by atoms with Gasteiger partial charge in [-0.25, -0.2) is 19.3 Å². The second kappa shape index (κ2) is 20.1. The van der Waals surface area contributed by atoms with E-state index in [0.717, 1.165) is 80.9 Å². The first kappa shape index (κ1) is 45.3. The van der Waals surface area contributed by atoms with Crippen LogP contribution in [0.1, 0.15) is 70.1 Å². The number of benzene rings is 2. The van der Waals surface area contributed by atoms with Crippen molar-refractivity contribution in [3.8, 4) is 66.9 Å². The van der Waals surface area contributed by atoms with Gasteiger partial charge in [0.05, 0.1) is 25.6 Å². The molecule has 0 radical (unpaired) electrons. The molecule has 0 atom stereocenters. The van der Waals surface area contributed by atoms with E-state index in [1.54, 1.807) is 55.6 Å². The highest BCUT2D eigenvalue weighted by atomic mass is 32.1. The summed E-state index contributed by atoms with van der Waals surface area (Å²) >= 11 is 3.12. The highest BCUT2D eigenvalue weighted by molar-refractivity contribution is 7.15. The van der Waals surface area contributed by atoms with E-state index in [-0.39, 0.29) is 17.0 Å². The van der Waals surface area contributed by atoms with Gasteiger partial charge in [-0.15, -0.1) is 22.7 Å². The molecule has 0 amide bonds. The maximum Gasteiger partial charge on any atom is 0.310 e. The van der Waals surface area contributed by atoms with Crippen LogP contribution in [0.25, 0.3) is 43.7 Å². The molecule has 0 spiro atoms. The predicted molar refractivity (Wildman–Crippen MR) is 236 cm³/mol. The average molecular weight is 887 g/mol. The number of methoxy groups -OCH3 is 2. The number of nitrogens with zero attached hydrogens (tertiary/aromatic N) is 6. The SMILES string of the molecule is CC(=O)OC(C)=O.CCc1sc(-c2ccc(OC)cc2)nc1-c1c(O)n2n(c1=O)CCCC2.CCc1sc(-c2ccc(OC)cc2)nc1-c1c(OC(C)=O)n2n(c1=O)CCCC2. The minimum absolute atomic E-state index is 0.0379. The molecule has 6 aromatic rings. The van der Waals surface area contributed by atoms with Crippen LogP contribution in [0.4, 0.5) is 0 Å². The number of hydrogen-bond donors (Lipinski definition) is 1. The lowest BCUT2D eigenvalue weighted by Gasteiger charge is -2.18. The number of thiazole rings is 2. The first-order chi connectivity index (χ1) is 29.8. The zero-order valence-corrected chi connectivity index (χ0v) is 37.4. The third kappa shape index (κ3) is 9.76. The lowest BCUT2D eigenvalue weighted by molar-refractivity contribution is -0.156. The Balaban J connectivity index is 0.000000180. The van der Waals surface area contributed by atoms with Crippen LogP contribution < -0.4 is 25.3 Å². The van der Waals surface area contributed by atoms with E-state index >= 15 is 0 Å². The van der Waals surface area contributed by atoms with Crippen molar-refractivity contribution in [2.24, 2.45) is 0 Å². The second-order valence-corrected chi connectivity index (χ2v) is 16.5. The van der Waals surface area contributed by atoms with Crippen molar-refractivity contribution in [3.63, 3.8) is 0 Å². The first-order valence-electron chi connectivity index (χ1n) is 20.3. The van der Waals surface area contributed by atoms with E-state index in [0.29, 0.717) is 54.6 Å². The standard InChI is InChI=1S/C21H23N3O4S.C19H21N3O3S.C4H6O3/c1-4-16-18(22-19(29-16)14-7-9-15(27-3)10-8-14)17-20(26)23-11-5-6-12-24(23)21(17)28-13(2)25;1-3-14-16(15-18(23)21-10-4-5-11-22(21)19(15)24)20-17(26-14)12-6-8-13(25-2)9-7-12;1-3(5)7-4(2)6/h7-10H,4-6,11-12H2,1-3H3;6-9,23H,3-5,10-11H2,1-2H3;1-2H3. The molecule has 328 valence electrons. The molecule has 0 unspecified atom stereocenters. The number of aromatic hydroxyl groups is 1.